The quantitative estimate of drug-likeness (QED) is 0.842. The molecule has 1 saturated heterocycles. The summed E-state index contributed by atoms with van der Waals surface area (Å²) >= 11 is 0. The van der Waals surface area contributed by atoms with Crippen molar-refractivity contribution in [3.8, 4) is 0 Å². The Kier molecular flexibility index (Phi) is 5.05. The number of halogens is 1. The highest BCUT2D eigenvalue weighted by Crippen LogP contribution is 2.41. The van der Waals surface area contributed by atoms with Gasteiger partial charge in [0.15, 0.2) is 0 Å². The van der Waals surface area contributed by atoms with E-state index in [1.54, 1.807) is 0 Å². The fourth-order valence-electron chi connectivity index (χ4n) is 3.41. The SMILES string of the molecule is Cl.O=S1c2ccccc2N(CCN2CCCC2)c2ccccc21. The number of nitrogens with zero attached hydrogens (tertiary/aromatic N) is 2. The second-order valence-corrected chi connectivity index (χ2v) is 7.32. The molecule has 2 aliphatic heterocycles. The minimum atomic E-state index is -1.07. The van der Waals surface area contributed by atoms with Crippen LogP contribution >= 0.6 is 12.4 Å². The maximum absolute atomic E-state index is 12.8. The van der Waals surface area contributed by atoms with Crippen molar-refractivity contribution in [1.82, 2.24) is 4.90 Å². The number of anilines is 2. The Bertz CT molecular complexity index is 666. The third-order valence-electron chi connectivity index (χ3n) is 4.55. The molecule has 0 amide bonds. The Morgan fingerprint density at radius 1 is 0.826 bits per heavy atom. The van der Waals surface area contributed by atoms with E-state index in [2.05, 4.69) is 21.9 Å². The molecule has 2 aliphatic rings. The molecule has 0 saturated carbocycles. The zero-order chi connectivity index (χ0) is 14.9. The van der Waals surface area contributed by atoms with Crippen molar-refractivity contribution in [1.29, 1.82) is 0 Å². The van der Waals surface area contributed by atoms with Gasteiger partial charge in [0.1, 0.15) is 0 Å². The zero-order valence-corrected chi connectivity index (χ0v) is 14.6. The average Bonchev–Trinajstić information content (AvgIpc) is 3.08. The van der Waals surface area contributed by atoms with Crippen molar-refractivity contribution >= 4 is 34.6 Å². The van der Waals surface area contributed by atoms with Gasteiger partial charge in [-0.15, -0.1) is 12.4 Å². The lowest BCUT2D eigenvalue weighted by Gasteiger charge is -2.33. The van der Waals surface area contributed by atoms with Crippen LogP contribution in [-0.4, -0.2) is 35.3 Å². The van der Waals surface area contributed by atoms with E-state index in [-0.39, 0.29) is 12.4 Å². The maximum Gasteiger partial charge on any atom is 0.0892 e. The average molecular weight is 349 g/mol. The Morgan fingerprint density at radius 2 is 1.35 bits per heavy atom. The van der Waals surface area contributed by atoms with Gasteiger partial charge in [0, 0.05) is 13.1 Å². The number of benzene rings is 2. The topological polar surface area (TPSA) is 23.6 Å². The van der Waals surface area contributed by atoms with Crippen LogP contribution in [-0.2, 0) is 10.8 Å². The van der Waals surface area contributed by atoms with Crippen LogP contribution in [0.3, 0.4) is 0 Å². The first-order chi connectivity index (χ1) is 10.8. The molecule has 0 aliphatic carbocycles. The Morgan fingerprint density at radius 3 is 1.91 bits per heavy atom. The summed E-state index contributed by atoms with van der Waals surface area (Å²) in [6.45, 7) is 4.44. The summed E-state index contributed by atoms with van der Waals surface area (Å²) in [5, 5.41) is 0. The van der Waals surface area contributed by atoms with Crippen LogP contribution < -0.4 is 4.90 Å². The minimum absolute atomic E-state index is 0. The third-order valence-corrected chi connectivity index (χ3v) is 6.04. The number of rotatable bonds is 3. The predicted molar refractivity (Wildman–Crippen MR) is 97.5 cm³/mol. The first kappa shape index (κ1) is 16.5. The van der Waals surface area contributed by atoms with Crippen molar-refractivity contribution < 1.29 is 4.21 Å². The summed E-state index contributed by atoms with van der Waals surface area (Å²) in [4.78, 5) is 6.73. The first-order valence-electron chi connectivity index (χ1n) is 7.94. The number of likely N-dealkylation sites (tertiary alicyclic amines) is 1. The molecule has 2 aromatic rings. The van der Waals surface area contributed by atoms with Crippen molar-refractivity contribution in [3.05, 3.63) is 48.5 Å². The summed E-state index contributed by atoms with van der Waals surface area (Å²) in [7, 11) is -1.07. The monoisotopic (exact) mass is 348 g/mol. The predicted octanol–water partition coefficient (Wildman–Crippen LogP) is 3.82. The fourth-order valence-corrected chi connectivity index (χ4v) is 4.79. The van der Waals surface area contributed by atoms with Crippen LogP contribution in [0.15, 0.2) is 58.3 Å². The fraction of sp³-hybridized carbons (Fsp3) is 0.333. The van der Waals surface area contributed by atoms with E-state index in [1.807, 2.05) is 36.4 Å². The molecule has 0 bridgehead atoms. The summed E-state index contributed by atoms with van der Waals surface area (Å²) in [6.07, 6.45) is 2.63. The van der Waals surface area contributed by atoms with Gasteiger partial charge < -0.3 is 9.80 Å². The molecule has 2 aromatic carbocycles. The maximum atomic E-state index is 12.8. The Balaban J connectivity index is 0.00000156. The molecule has 2 heterocycles. The lowest BCUT2D eigenvalue weighted by Crippen LogP contribution is -2.33. The van der Waals surface area contributed by atoms with E-state index in [9.17, 15) is 4.21 Å². The van der Waals surface area contributed by atoms with Gasteiger partial charge in [-0.25, -0.2) is 4.21 Å². The molecule has 0 unspecified atom stereocenters. The summed E-state index contributed by atoms with van der Waals surface area (Å²) < 4.78 is 12.8. The molecule has 3 nitrogen and oxygen atoms in total. The highest BCUT2D eigenvalue weighted by atomic mass is 35.5. The summed E-state index contributed by atoms with van der Waals surface area (Å²) in [5.41, 5.74) is 2.19. The highest BCUT2D eigenvalue weighted by molar-refractivity contribution is 7.85. The number of hydrogen-bond donors (Lipinski definition) is 0. The van der Waals surface area contributed by atoms with Gasteiger partial charge in [0.25, 0.3) is 0 Å². The van der Waals surface area contributed by atoms with Gasteiger partial charge in [0.2, 0.25) is 0 Å². The molecule has 0 radical (unpaired) electrons. The van der Waals surface area contributed by atoms with Crippen LogP contribution in [0.25, 0.3) is 0 Å². The molecule has 0 atom stereocenters. The first-order valence-corrected chi connectivity index (χ1v) is 9.09. The molecule has 1 fully saturated rings. The molecule has 5 heteroatoms. The lowest BCUT2D eigenvalue weighted by molar-refractivity contribution is 0.348. The molecule has 4 rings (SSSR count). The zero-order valence-electron chi connectivity index (χ0n) is 13.0. The van der Waals surface area contributed by atoms with Crippen LogP contribution in [0, 0.1) is 0 Å². The van der Waals surface area contributed by atoms with Crippen LogP contribution in [0.5, 0.6) is 0 Å². The molecule has 0 aromatic heterocycles. The minimum Gasteiger partial charge on any atom is -0.338 e. The normalized spacial score (nSPS) is 17.5. The van der Waals surface area contributed by atoms with Crippen LogP contribution in [0.1, 0.15) is 12.8 Å². The molecule has 0 spiro atoms. The lowest BCUT2D eigenvalue weighted by atomic mass is 10.2. The van der Waals surface area contributed by atoms with E-state index in [4.69, 9.17) is 0 Å². The van der Waals surface area contributed by atoms with Crippen LogP contribution in [0.4, 0.5) is 11.4 Å². The highest BCUT2D eigenvalue weighted by Gasteiger charge is 2.27. The van der Waals surface area contributed by atoms with Gasteiger partial charge in [0.05, 0.1) is 32.0 Å². The van der Waals surface area contributed by atoms with Crippen molar-refractivity contribution in [2.45, 2.75) is 22.6 Å². The van der Waals surface area contributed by atoms with Gasteiger partial charge in [-0.1, -0.05) is 24.3 Å². The van der Waals surface area contributed by atoms with Gasteiger partial charge >= 0.3 is 0 Å². The van der Waals surface area contributed by atoms with Gasteiger partial charge in [-0.3, -0.25) is 0 Å². The van der Waals surface area contributed by atoms with E-state index in [0.29, 0.717) is 0 Å². The number of hydrogen-bond acceptors (Lipinski definition) is 3. The molecule has 122 valence electrons. The molecule has 0 N–H and O–H groups in total. The second-order valence-electron chi connectivity index (χ2n) is 5.90. The standard InChI is InChI=1S/C18H20N2OS.ClH/c21-22-17-9-3-1-7-15(17)20(14-13-19-11-5-6-12-19)16-8-2-4-10-18(16)22;/h1-4,7-10H,5-6,11-14H2;1H. The number of para-hydroxylation sites is 2. The molecular formula is C18H21ClN2OS. The van der Waals surface area contributed by atoms with E-state index in [0.717, 1.165) is 34.3 Å². The second kappa shape index (κ2) is 7.04. The largest absolute Gasteiger partial charge is 0.338 e. The van der Waals surface area contributed by atoms with Gasteiger partial charge in [-0.2, -0.15) is 0 Å². The van der Waals surface area contributed by atoms with Gasteiger partial charge in [-0.05, 0) is 50.2 Å². The Labute approximate surface area is 146 Å². The van der Waals surface area contributed by atoms with Crippen molar-refractivity contribution in [2.75, 3.05) is 31.1 Å². The summed E-state index contributed by atoms with van der Waals surface area (Å²) in [5.74, 6) is 0. The molecular weight excluding hydrogens is 328 g/mol. The summed E-state index contributed by atoms with van der Waals surface area (Å²) in [6, 6.07) is 16.2. The van der Waals surface area contributed by atoms with Crippen LogP contribution in [0.2, 0.25) is 0 Å². The molecule has 23 heavy (non-hydrogen) atoms. The third kappa shape index (κ3) is 3.03. The van der Waals surface area contributed by atoms with E-state index < -0.39 is 10.8 Å². The van der Waals surface area contributed by atoms with E-state index in [1.165, 1.54) is 25.9 Å². The smallest absolute Gasteiger partial charge is 0.0892 e. The van der Waals surface area contributed by atoms with Crippen molar-refractivity contribution in [3.63, 3.8) is 0 Å². The Hall–Kier alpha value is -1.36. The number of fused-ring (bicyclic) bond motifs is 2. The van der Waals surface area contributed by atoms with Crippen molar-refractivity contribution in [2.24, 2.45) is 0 Å². The van der Waals surface area contributed by atoms with E-state index >= 15 is 0 Å².